The van der Waals surface area contributed by atoms with Gasteiger partial charge in [0, 0.05) is 32.7 Å². The third-order valence-electron chi connectivity index (χ3n) is 5.09. The largest absolute Gasteiger partial charge is 0.483 e. The number of piperazine rings is 1. The third kappa shape index (κ3) is 6.82. The van der Waals surface area contributed by atoms with Crippen molar-refractivity contribution in [2.45, 2.75) is 46.5 Å². The van der Waals surface area contributed by atoms with Crippen LogP contribution in [0.25, 0.3) is 0 Å². The first-order valence-electron chi connectivity index (χ1n) is 10.4. The van der Waals surface area contributed by atoms with E-state index in [1.807, 2.05) is 17.9 Å². The van der Waals surface area contributed by atoms with Crippen molar-refractivity contribution in [3.05, 3.63) is 29.3 Å². The summed E-state index contributed by atoms with van der Waals surface area (Å²) in [5.74, 6) is 1.21. The summed E-state index contributed by atoms with van der Waals surface area (Å²) in [6.45, 7) is 12.3. The van der Waals surface area contributed by atoms with Gasteiger partial charge in [0.2, 0.25) is 5.91 Å². The van der Waals surface area contributed by atoms with Crippen molar-refractivity contribution in [1.29, 1.82) is 0 Å². The van der Waals surface area contributed by atoms with Crippen LogP contribution in [0.2, 0.25) is 0 Å². The molecule has 1 aliphatic heterocycles. The van der Waals surface area contributed by atoms with Gasteiger partial charge < -0.3 is 15.0 Å². The second-order valence-corrected chi connectivity index (χ2v) is 7.85. The molecule has 28 heavy (non-hydrogen) atoms. The summed E-state index contributed by atoms with van der Waals surface area (Å²) in [6, 6.07) is 6.14. The highest BCUT2D eigenvalue weighted by molar-refractivity contribution is 5.79. The Morgan fingerprint density at radius 2 is 1.89 bits per heavy atom. The van der Waals surface area contributed by atoms with Gasteiger partial charge in [0.25, 0.3) is 5.91 Å². The molecule has 0 radical (unpaired) electrons. The van der Waals surface area contributed by atoms with Crippen LogP contribution in [0.3, 0.4) is 0 Å². The van der Waals surface area contributed by atoms with Crippen LogP contribution in [0.1, 0.15) is 50.7 Å². The summed E-state index contributed by atoms with van der Waals surface area (Å²) in [6.07, 6.45) is 2.08. The molecular formula is C22H35N3O3. The van der Waals surface area contributed by atoms with Crippen LogP contribution in [0.5, 0.6) is 5.75 Å². The lowest BCUT2D eigenvalue weighted by atomic mass is 10.0. The fourth-order valence-electron chi connectivity index (χ4n) is 3.29. The van der Waals surface area contributed by atoms with Gasteiger partial charge in [-0.1, -0.05) is 39.3 Å². The van der Waals surface area contributed by atoms with Gasteiger partial charge in [-0.15, -0.1) is 0 Å². The van der Waals surface area contributed by atoms with E-state index in [9.17, 15) is 9.59 Å². The zero-order valence-corrected chi connectivity index (χ0v) is 17.8. The molecule has 0 saturated carbocycles. The number of carbonyl (C=O) groups is 2. The second-order valence-electron chi connectivity index (χ2n) is 7.85. The summed E-state index contributed by atoms with van der Waals surface area (Å²) >= 11 is 0. The Labute approximate surface area is 169 Å². The minimum atomic E-state index is 0.00302. The summed E-state index contributed by atoms with van der Waals surface area (Å²) in [5.41, 5.74) is 2.25. The lowest BCUT2D eigenvalue weighted by Gasteiger charge is -2.34. The average Bonchev–Trinajstić information content (AvgIpc) is 2.66. The van der Waals surface area contributed by atoms with E-state index in [0.717, 1.165) is 36.3 Å². The first-order valence-corrected chi connectivity index (χ1v) is 10.4. The van der Waals surface area contributed by atoms with E-state index in [1.54, 1.807) is 0 Å². The highest BCUT2D eigenvalue weighted by atomic mass is 16.5. The van der Waals surface area contributed by atoms with Gasteiger partial charge in [0.1, 0.15) is 5.75 Å². The number of amides is 2. The molecule has 1 N–H and O–H groups in total. The van der Waals surface area contributed by atoms with Gasteiger partial charge in [0.05, 0.1) is 6.54 Å². The molecule has 1 heterocycles. The van der Waals surface area contributed by atoms with Crippen LogP contribution in [0.4, 0.5) is 0 Å². The predicted octanol–water partition coefficient (Wildman–Crippen LogP) is 2.56. The number of ether oxygens (including phenoxy) is 1. The molecule has 0 unspecified atom stereocenters. The Bertz CT molecular complexity index is 652. The summed E-state index contributed by atoms with van der Waals surface area (Å²) in [4.78, 5) is 28.4. The van der Waals surface area contributed by atoms with E-state index in [0.29, 0.717) is 38.6 Å². The molecule has 1 aliphatic rings. The van der Waals surface area contributed by atoms with Crippen molar-refractivity contribution in [2.24, 2.45) is 0 Å². The molecule has 6 nitrogen and oxygen atoms in total. The maximum absolute atomic E-state index is 12.5. The number of hydrogen-bond acceptors (Lipinski definition) is 4. The number of unbranched alkanes of at least 4 members (excludes halogenated alkanes) is 1. The standard InChI is InChI=1S/C22H35N3O3/c1-5-6-9-23-21(26)15-24-10-12-25(13-11-24)22(27)16-28-20-14-18(4)7-8-19(20)17(2)3/h7-8,14,17H,5-6,9-13,15-16H2,1-4H3,(H,23,26). The number of nitrogens with zero attached hydrogens (tertiary/aromatic N) is 2. The van der Waals surface area contributed by atoms with Gasteiger partial charge >= 0.3 is 0 Å². The van der Waals surface area contributed by atoms with Crippen molar-refractivity contribution < 1.29 is 14.3 Å². The number of aryl methyl sites for hydroxylation is 1. The molecular weight excluding hydrogens is 354 g/mol. The molecule has 1 aromatic rings. The molecule has 0 aromatic heterocycles. The Morgan fingerprint density at radius 3 is 2.54 bits per heavy atom. The van der Waals surface area contributed by atoms with Crippen molar-refractivity contribution >= 4 is 11.8 Å². The number of carbonyl (C=O) groups excluding carboxylic acids is 2. The Hall–Kier alpha value is -2.08. The smallest absolute Gasteiger partial charge is 0.260 e. The topological polar surface area (TPSA) is 61.9 Å². The van der Waals surface area contributed by atoms with Crippen molar-refractivity contribution in [3.8, 4) is 5.75 Å². The van der Waals surface area contributed by atoms with Crippen LogP contribution in [-0.2, 0) is 9.59 Å². The maximum atomic E-state index is 12.5. The first kappa shape index (κ1) is 22.2. The normalized spacial score (nSPS) is 15.0. The average molecular weight is 390 g/mol. The highest BCUT2D eigenvalue weighted by Gasteiger charge is 2.23. The Kier molecular flexibility index (Phi) is 8.77. The minimum absolute atomic E-state index is 0.00302. The van der Waals surface area contributed by atoms with Crippen LogP contribution in [0.15, 0.2) is 18.2 Å². The molecule has 2 amide bonds. The molecule has 156 valence electrons. The van der Waals surface area contributed by atoms with E-state index in [2.05, 4.69) is 43.1 Å². The number of rotatable bonds is 9. The molecule has 0 spiro atoms. The molecule has 0 atom stereocenters. The van der Waals surface area contributed by atoms with E-state index in [-0.39, 0.29) is 18.4 Å². The fraction of sp³-hybridized carbons (Fsp3) is 0.636. The molecule has 2 rings (SSSR count). The van der Waals surface area contributed by atoms with Gasteiger partial charge in [-0.3, -0.25) is 14.5 Å². The lowest BCUT2D eigenvalue weighted by molar-refractivity contribution is -0.135. The SMILES string of the molecule is CCCCNC(=O)CN1CCN(C(=O)COc2cc(C)ccc2C(C)C)CC1. The van der Waals surface area contributed by atoms with Gasteiger partial charge in [0.15, 0.2) is 6.61 Å². The molecule has 1 fully saturated rings. The molecule has 6 heteroatoms. The first-order chi connectivity index (χ1) is 13.4. The van der Waals surface area contributed by atoms with Gasteiger partial charge in [-0.25, -0.2) is 0 Å². The Balaban J connectivity index is 1.77. The van der Waals surface area contributed by atoms with Crippen molar-refractivity contribution in [2.75, 3.05) is 45.9 Å². The van der Waals surface area contributed by atoms with E-state index in [4.69, 9.17) is 4.74 Å². The monoisotopic (exact) mass is 389 g/mol. The minimum Gasteiger partial charge on any atom is -0.483 e. The van der Waals surface area contributed by atoms with Crippen molar-refractivity contribution in [1.82, 2.24) is 15.1 Å². The second kappa shape index (κ2) is 11.1. The van der Waals surface area contributed by atoms with Crippen LogP contribution >= 0.6 is 0 Å². The van der Waals surface area contributed by atoms with Crippen LogP contribution in [0, 0.1) is 6.92 Å². The third-order valence-corrected chi connectivity index (χ3v) is 5.09. The van der Waals surface area contributed by atoms with Crippen LogP contribution < -0.4 is 10.1 Å². The summed E-state index contributed by atoms with van der Waals surface area (Å²) in [7, 11) is 0. The van der Waals surface area contributed by atoms with Gasteiger partial charge in [-0.05, 0) is 36.5 Å². The molecule has 0 aliphatic carbocycles. The predicted molar refractivity (Wildman–Crippen MR) is 112 cm³/mol. The molecule has 1 aromatic carbocycles. The Morgan fingerprint density at radius 1 is 1.18 bits per heavy atom. The number of hydrogen-bond donors (Lipinski definition) is 1. The maximum Gasteiger partial charge on any atom is 0.260 e. The fourth-order valence-corrected chi connectivity index (χ4v) is 3.29. The lowest BCUT2D eigenvalue weighted by Crippen LogP contribution is -2.52. The zero-order chi connectivity index (χ0) is 20.5. The highest BCUT2D eigenvalue weighted by Crippen LogP contribution is 2.27. The van der Waals surface area contributed by atoms with E-state index < -0.39 is 0 Å². The van der Waals surface area contributed by atoms with Gasteiger partial charge in [-0.2, -0.15) is 0 Å². The van der Waals surface area contributed by atoms with Crippen molar-refractivity contribution in [3.63, 3.8) is 0 Å². The molecule has 0 bridgehead atoms. The summed E-state index contributed by atoms with van der Waals surface area (Å²) in [5, 5.41) is 2.94. The summed E-state index contributed by atoms with van der Waals surface area (Å²) < 4.78 is 5.87. The van der Waals surface area contributed by atoms with E-state index in [1.165, 1.54) is 0 Å². The quantitative estimate of drug-likeness (QED) is 0.660. The number of nitrogens with one attached hydrogen (secondary N) is 1. The van der Waals surface area contributed by atoms with E-state index >= 15 is 0 Å². The number of benzene rings is 1. The molecule has 1 saturated heterocycles. The zero-order valence-electron chi connectivity index (χ0n) is 17.8. The van der Waals surface area contributed by atoms with Crippen LogP contribution in [-0.4, -0.2) is 67.5 Å².